The fourth-order valence-electron chi connectivity index (χ4n) is 2.10. The van der Waals surface area contributed by atoms with Crippen LogP contribution in [-0.4, -0.2) is 36.0 Å². The van der Waals surface area contributed by atoms with Crippen molar-refractivity contribution in [3.05, 3.63) is 41.1 Å². The summed E-state index contributed by atoms with van der Waals surface area (Å²) < 4.78 is 2.69. The number of pyridine rings is 1. The second kappa shape index (κ2) is 4.64. The lowest BCUT2D eigenvalue weighted by atomic mass is 10.2. The SMILES string of the molecule is O=C(O)[C@H](CS)n1ccc2c(cnc3ccnn32)c1=O. The second-order valence-corrected chi connectivity index (χ2v) is 4.59. The average molecular weight is 290 g/mol. The molecule has 7 nitrogen and oxygen atoms in total. The summed E-state index contributed by atoms with van der Waals surface area (Å²) in [6.07, 6.45) is 4.46. The van der Waals surface area contributed by atoms with Crippen molar-refractivity contribution in [1.29, 1.82) is 0 Å². The van der Waals surface area contributed by atoms with Gasteiger partial charge in [0, 0.05) is 24.2 Å². The van der Waals surface area contributed by atoms with E-state index >= 15 is 0 Å². The van der Waals surface area contributed by atoms with E-state index in [0.29, 0.717) is 16.6 Å². The molecule has 0 bridgehead atoms. The maximum atomic E-state index is 12.4. The molecule has 3 rings (SSSR count). The molecule has 0 radical (unpaired) electrons. The van der Waals surface area contributed by atoms with Crippen LogP contribution in [-0.2, 0) is 4.79 Å². The quantitative estimate of drug-likeness (QED) is 0.689. The number of rotatable bonds is 3. The molecule has 0 aliphatic rings. The van der Waals surface area contributed by atoms with E-state index in [9.17, 15) is 9.59 Å². The maximum absolute atomic E-state index is 12.4. The molecule has 0 amide bonds. The van der Waals surface area contributed by atoms with E-state index in [1.807, 2.05) is 0 Å². The first-order chi connectivity index (χ1) is 9.63. The van der Waals surface area contributed by atoms with E-state index in [-0.39, 0.29) is 5.75 Å². The highest BCUT2D eigenvalue weighted by atomic mass is 32.1. The van der Waals surface area contributed by atoms with Crippen LogP contribution in [0.4, 0.5) is 0 Å². The van der Waals surface area contributed by atoms with Crippen molar-refractivity contribution >= 4 is 35.1 Å². The van der Waals surface area contributed by atoms with Gasteiger partial charge in [-0.15, -0.1) is 0 Å². The highest BCUT2D eigenvalue weighted by Gasteiger charge is 2.20. The van der Waals surface area contributed by atoms with Gasteiger partial charge >= 0.3 is 5.97 Å². The first-order valence-electron chi connectivity index (χ1n) is 5.80. The fraction of sp³-hybridized carbons (Fsp3) is 0.167. The number of hydrogen-bond acceptors (Lipinski definition) is 5. The van der Waals surface area contributed by atoms with Gasteiger partial charge in [0.1, 0.15) is 6.04 Å². The number of aliphatic carboxylic acids is 1. The molecule has 0 fully saturated rings. The lowest BCUT2D eigenvalue weighted by molar-refractivity contribution is -0.140. The van der Waals surface area contributed by atoms with Crippen LogP contribution in [0.2, 0.25) is 0 Å². The Labute approximate surface area is 117 Å². The molecule has 8 heteroatoms. The lowest BCUT2D eigenvalue weighted by Crippen LogP contribution is -2.31. The Bertz CT molecular complexity index is 870. The lowest BCUT2D eigenvalue weighted by Gasteiger charge is -2.13. The van der Waals surface area contributed by atoms with E-state index in [0.717, 1.165) is 4.57 Å². The summed E-state index contributed by atoms with van der Waals surface area (Å²) in [5.41, 5.74) is 0.789. The predicted octanol–water partition coefficient (Wildman–Crippen LogP) is 0.600. The summed E-state index contributed by atoms with van der Waals surface area (Å²) in [4.78, 5) is 27.7. The minimum absolute atomic E-state index is 0.0260. The van der Waals surface area contributed by atoms with Gasteiger partial charge in [0.15, 0.2) is 5.65 Å². The highest BCUT2D eigenvalue weighted by Crippen LogP contribution is 2.13. The maximum Gasteiger partial charge on any atom is 0.327 e. The Morgan fingerprint density at radius 3 is 2.95 bits per heavy atom. The summed E-state index contributed by atoms with van der Waals surface area (Å²) in [5.74, 6) is -1.08. The van der Waals surface area contributed by atoms with Crippen LogP contribution in [0, 0.1) is 0 Å². The molecule has 0 aliphatic carbocycles. The standard InChI is InChI=1S/C12H10N4O3S/c17-11-7-5-13-10-1-3-14-16(10)8(7)2-4-15(11)9(6-20)12(18)19/h1-5,9,20H,6H2,(H,18,19)/t9-/m0/s1. The predicted molar refractivity (Wildman–Crippen MR) is 75.3 cm³/mol. The topological polar surface area (TPSA) is 89.5 Å². The largest absolute Gasteiger partial charge is 0.480 e. The Balaban J connectivity index is 2.33. The first kappa shape index (κ1) is 12.7. The molecule has 0 spiro atoms. The number of nitrogens with zero attached hydrogens (tertiary/aromatic N) is 4. The van der Waals surface area contributed by atoms with Gasteiger partial charge in [0.05, 0.1) is 17.1 Å². The molecule has 0 aromatic carbocycles. The van der Waals surface area contributed by atoms with Gasteiger partial charge in [-0.05, 0) is 6.07 Å². The zero-order chi connectivity index (χ0) is 14.3. The molecule has 0 saturated carbocycles. The van der Waals surface area contributed by atoms with Crippen molar-refractivity contribution in [2.45, 2.75) is 6.04 Å². The summed E-state index contributed by atoms with van der Waals surface area (Å²) in [6, 6.07) is 2.36. The van der Waals surface area contributed by atoms with Crippen molar-refractivity contribution in [3.8, 4) is 0 Å². The van der Waals surface area contributed by atoms with Gasteiger partial charge in [-0.3, -0.25) is 9.36 Å². The third kappa shape index (κ3) is 1.76. The minimum atomic E-state index is -1.10. The number of hydrogen-bond donors (Lipinski definition) is 2. The van der Waals surface area contributed by atoms with Crippen molar-refractivity contribution in [2.24, 2.45) is 0 Å². The molecule has 3 heterocycles. The first-order valence-corrected chi connectivity index (χ1v) is 6.44. The van der Waals surface area contributed by atoms with Crippen LogP contribution >= 0.6 is 12.6 Å². The van der Waals surface area contributed by atoms with Crippen LogP contribution < -0.4 is 5.56 Å². The molecule has 0 unspecified atom stereocenters. The zero-order valence-electron chi connectivity index (χ0n) is 10.2. The van der Waals surface area contributed by atoms with Gasteiger partial charge < -0.3 is 5.11 Å². The van der Waals surface area contributed by atoms with Gasteiger partial charge in [-0.25, -0.2) is 14.3 Å². The molecule has 102 valence electrons. The van der Waals surface area contributed by atoms with E-state index in [1.54, 1.807) is 18.3 Å². The van der Waals surface area contributed by atoms with Crippen molar-refractivity contribution in [1.82, 2.24) is 19.2 Å². The number of thiol groups is 1. The Morgan fingerprint density at radius 2 is 2.25 bits per heavy atom. The van der Waals surface area contributed by atoms with E-state index in [1.165, 1.54) is 16.9 Å². The minimum Gasteiger partial charge on any atom is -0.480 e. The smallest absolute Gasteiger partial charge is 0.327 e. The molecule has 3 aromatic rings. The monoisotopic (exact) mass is 290 g/mol. The van der Waals surface area contributed by atoms with E-state index in [2.05, 4.69) is 22.7 Å². The van der Waals surface area contributed by atoms with Crippen LogP contribution in [0.5, 0.6) is 0 Å². The second-order valence-electron chi connectivity index (χ2n) is 4.22. The van der Waals surface area contributed by atoms with Crippen molar-refractivity contribution < 1.29 is 9.90 Å². The summed E-state index contributed by atoms with van der Waals surface area (Å²) in [6.45, 7) is 0. The van der Waals surface area contributed by atoms with Gasteiger partial charge in [-0.1, -0.05) is 0 Å². The molecule has 3 aromatic heterocycles. The molecule has 0 aliphatic heterocycles. The van der Waals surface area contributed by atoms with Crippen molar-refractivity contribution in [3.63, 3.8) is 0 Å². The van der Waals surface area contributed by atoms with Crippen molar-refractivity contribution in [2.75, 3.05) is 5.75 Å². The van der Waals surface area contributed by atoms with Crippen LogP contribution in [0.1, 0.15) is 6.04 Å². The fourth-order valence-corrected chi connectivity index (χ4v) is 2.44. The number of carboxylic acids is 1. The summed E-state index contributed by atoms with van der Waals surface area (Å²) in [5, 5.41) is 13.5. The number of aromatic nitrogens is 4. The third-order valence-corrected chi connectivity index (χ3v) is 3.45. The summed E-state index contributed by atoms with van der Waals surface area (Å²) in [7, 11) is 0. The van der Waals surface area contributed by atoms with Crippen LogP contribution in [0.25, 0.3) is 16.6 Å². The van der Waals surface area contributed by atoms with Crippen LogP contribution in [0.3, 0.4) is 0 Å². The highest BCUT2D eigenvalue weighted by molar-refractivity contribution is 7.80. The average Bonchev–Trinajstić information content (AvgIpc) is 2.90. The van der Waals surface area contributed by atoms with E-state index in [4.69, 9.17) is 5.11 Å². The normalized spacial score (nSPS) is 12.8. The molecule has 0 saturated heterocycles. The molecule has 1 atom stereocenters. The molecule has 20 heavy (non-hydrogen) atoms. The Kier molecular flexibility index (Phi) is 2.94. The Morgan fingerprint density at radius 1 is 1.45 bits per heavy atom. The van der Waals surface area contributed by atoms with E-state index < -0.39 is 17.6 Å². The zero-order valence-corrected chi connectivity index (χ0v) is 11.1. The molecule has 1 N–H and O–H groups in total. The van der Waals surface area contributed by atoms with Gasteiger partial charge in [-0.2, -0.15) is 17.7 Å². The Hall–Kier alpha value is -2.35. The van der Waals surface area contributed by atoms with Gasteiger partial charge in [0.25, 0.3) is 5.56 Å². The number of carboxylic acid groups (broad SMARTS) is 1. The molecular formula is C12H10N4O3S. The van der Waals surface area contributed by atoms with Gasteiger partial charge in [0.2, 0.25) is 0 Å². The number of fused-ring (bicyclic) bond motifs is 3. The molecular weight excluding hydrogens is 280 g/mol. The third-order valence-electron chi connectivity index (χ3n) is 3.10. The van der Waals surface area contributed by atoms with Crippen LogP contribution in [0.15, 0.2) is 35.5 Å². The summed E-state index contributed by atoms with van der Waals surface area (Å²) >= 11 is 3.98. The number of carbonyl (C=O) groups is 1.